The van der Waals surface area contributed by atoms with Crippen LogP contribution in [-0.4, -0.2) is 19.5 Å². The molecule has 0 amide bonds. The van der Waals surface area contributed by atoms with E-state index in [1.54, 1.807) is 6.33 Å². The second-order valence-electron chi connectivity index (χ2n) is 6.26. The van der Waals surface area contributed by atoms with Gasteiger partial charge < -0.3 is 10.3 Å². The number of benzene rings is 1. The highest BCUT2D eigenvalue weighted by molar-refractivity contribution is 6.30. The number of nitrogens with two attached hydrogens (primary N) is 1. The Kier molecular flexibility index (Phi) is 3.36. The van der Waals surface area contributed by atoms with Crippen molar-refractivity contribution >= 4 is 22.8 Å². The highest BCUT2D eigenvalue weighted by Crippen LogP contribution is 2.38. The first-order valence-electron chi connectivity index (χ1n) is 7.81. The molecule has 0 saturated heterocycles. The number of rotatable bonds is 2. The Bertz CT molecular complexity index is 863. The topological polar surface area (TPSA) is 69.6 Å². The Morgan fingerprint density at radius 2 is 1.83 bits per heavy atom. The van der Waals surface area contributed by atoms with Crippen molar-refractivity contribution in [2.45, 2.75) is 31.2 Å². The van der Waals surface area contributed by atoms with Crippen molar-refractivity contribution < 1.29 is 0 Å². The maximum atomic E-state index is 6.61. The lowest BCUT2D eigenvalue weighted by molar-refractivity contribution is 0.450. The smallest absolute Gasteiger partial charge is 0.163 e. The van der Waals surface area contributed by atoms with Crippen LogP contribution in [0.25, 0.3) is 22.6 Å². The van der Waals surface area contributed by atoms with Crippen LogP contribution in [0.1, 0.15) is 31.4 Å². The zero-order valence-corrected chi connectivity index (χ0v) is 13.7. The lowest BCUT2D eigenvalue weighted by Crippen LogP contribution is -2.34. The monoisotopic (exact) mass is 327 g/mol. The van der Waals surface area contributed by atoms with Crippen LogP contribution in [0.4, 0.5) is 0 Å². The average molecular weight is 328 g/mol. The SMILES string of the molecule is Cn1c(-c2ccc(Cl)cc2)nc2c(C3(N)CCCC3)ncnc21. The fourth-order valence-corrected chi connectivity index (χ4v) is 3.59. The van der Waals surface area contributed by atoms with Gasteiger partial charge in [0, 0.05) is 17.6 Å². The Morgan fingerprint density at radius 3 is 2.52 bits per heavy atom. The highest BCUT2D eigenvalue weighted by atomic mass is 35.5. The Morgan fingerprint density at radius 1 is 1.13 bits per heavy atom. The van der Waals surface area contributed by atoms with Gasteiger partial charge in [-0.1, -0.05) is 24.4 Å². The molecule has 0 unspecified atom stereocenters. The van der Waals surface area contributed by atoms with E-state index in [9.17, 15) is 0 Å². The Balaban J connectivity index is 1.92. The molecule has 4 rings (SSSR count). The largest absolute Gasteiger partial charge is 0.320 e. The van der Waals surface area contributed by atoms with Gasteiger partial charge >= 0.3 is 0 Å². The van der Waals surface area contributed by atoms with Crippen LogP contribution in [0.5, 0.6) is 0 Å². The first-order valence-corrected chi connectivity index (χ1v) is 8.19. The second-order valence-corrected chi connectivity index (χ2v) is 6.70. The van der Waals surface area contributed by atoms with Crippen LogP contribution >= 0.6 is 11.6 Å². The molecule has 1 fully saturated rings. The number of aromatic nitrogens is 4. The number of imidazole rings is 1. The van der Waals surface area contributed by atoms with Crippen molar-refractivity contribution in [2.24, 2.45) is 12.8 Å². The zero-order valence-electron chi connectivity index (χ0n) is 13.0. The van der Waals surface area contributed by atoms with Crippen molar-refractivity contribution in [1.82, 2.24) is 19.5 Å². The van der Waals surface area contributed by atoms with Gasteiger partial charge in [0.2, 0.25) is 0 Å². The number of hydrogen-bond donors (Lipinski definition) is 1. The molecular weight excluding hydrogens is 310 g/mol. The molecule has 0 atom stereocenters. The molecule has 2 aromatic heterocycles. The van der Waals surface area contributed by atoms with E-state index in [2.05, 4.69) is 9.97 Å². The summed E-state index contributed by atoms with van der Waals surface area (Å²) in [5.74, 6) is 0.847. The molecule has 3 aromatic rings. The minimum atomic E-state index is -0.382. The molecule has 1 aromatic carbocycles. The maximum Gasteiger partial charge on any atom is 0.163 e. The van der Waals surface area contributed by atoms with Gasteiger partial charge in [-0.2, -0.15) is 0 Å². The van der Waals surface area contributed by atoms with Gasteiger partial charge in [-0.15, -0.1) is 0 Å². The molecule has 2 N–H and O–H groups in total. The number of aryl methyl sites for hydroxylation is 1. The molecule has 0 spiro atoms. The summed E-state index contributed by atoms with van der Waals surface area (Å²) in [7, 11) is 1.97. The van der Waals surface area contributed by atoms with Gasteiger partial charge in [-0.3, -0.25) is 0 Å². The second kappa shape index (κ2) is 5.28. The molecular formula is C17H18ClN5. The predicted molar refractivity (Wildman–Crippen MR) is 91.1 cm³/mol. The van der Waals surface area contributed by atoms with E-state index in [4.69, 9.17) is 22.3 Å². The van der Waals surface area contributed by atoms with E-state index in [1.807, 2.05) is 35.9 Å². The van der Waals surface area contributed by atoms with E-state index < -0.39 is 0 Å². The first kappa shape index (κ1) is 14.6. The van der Waals surface area contributed by atoms with E-state index in [1.165, 1.54) is 0 Å². The van der Waals surface area contributed by atoms with Crippen LogP contribution in [0.3, 0.4) is 0 Å². The first-order chi connectivity index (χ1) is 11.1. The van der Waals surface area contributed by atoms with E-state index >= 15 is 0 Å². The molecule has 5 nitrogen and oxygen atoms in total. The summed E-state index contributed by atoms with van der Waals surface area (Å²) in [6, 6.07) is 7.66. The minimum Gasteiger partial charge on any atom is -0.320 e. The number of hydrogen-bond acceptors (Lipinski definition) is 4. The summed E-state index contributed by atoms with van der Waals surface area (Å²) >= 11 is 5.98. The zero-order chi connectivity index (χ0) is 16.0. The number of nitrogens with zero attached hydrogens (tertiary/aromatic N) is 4. The summed E-state index contributed by atoms with van der Waals surface area (Å²) in [4.78, 5) is 13.7. The predicted octanol–water partition coefficient (Wildman–Crippen LogP) is 3.41. The van der Waals surface area contributed by atoms with Crippen LogP contribution in [0.15, 0.2) is 30.6 Å². The fourth-order valence-electron chi connectivity index (χ4n) is 3.46. The quantitative estimate of drug-likeness (QED) is 0.783. The van der Waals surface area contributed by atoms with Gasteiger partial charge in [0.05, 0.1) is 11.2 Å². The third-order valence-corrected chi connectivity index (χ3v) is 4.98. The van der Waals surface area contributed by atoms with Crippen LogP contribution in [-0.2, 0) is 12.6 Å². The highest BCUT2D eigenvalue weighted by Gasteiger charge is 2.35. The van der Waals surface area contributed by atoms with Crippen molar-refractivity contribution in [3.63, 3.8) is 0 Å². The molecule has 1 aliphatic carbocycles. The molecule has 0 radical (unpaired) electrons. The Hall–Kier alpha value is -1.98. The maximum absolute atomic E-state index is 6.61. The molecule has 1 saturated carbocycles. The van der Waals surface area contributed by atoms with Gasteiger partial charge in [0.1, 0.15) is 17.7 Å². The van der Waals surface area contributed by atoms with Crippen molar-refractivity contribution in [3.8, 4) is 11.4 Å². The van der Waals surface area contributed by atoms with Crippen LogP contribution in [0.2, 0.25) is 5.02 Å². The summed E-state index contributed by atoms with van der Waals surface area (Å²) in [6.07, 6.45) is 5.77. The average Bonchev–Trinajstić information content (AvgIpc) is 3.13. The molecule has 1 aliphatic rings. The van der Waals surface area contributed by atoms with E-state index in [0.717, 1.165) is 53.9 Å². The Labute approximate surface area is 139 Å². The van der Waals surface area contributed by atoms with Crippen molar-refractivity contribution in [2.75, 3.05) is 0 Å². The van der Waals surface area contributed by atoms with Gasteiger partial charge in [0.15, 0.2) is 5.65 Å². The van der Waals surface area contributed by atoms with Crippen LogP contribution < -0.4 is 5.73 Å². The number of fused-ring (bicyclic) bond motifs is 1. The van der Waals surface area contributed by atoms with Crippen molar-refractivity contribution in [1.29, 1.82) is 0 Å². The van der Waals surface area contributed by atoms with Gasteiger partial charge in [-0.05, 0) is 37.1 Å². The van der Waals surface area contributed by atoms with E-state index in [-0.39, 0.29) is 5.54 Å². The van der Waals surface area contributed by atoms with Crippen molar-refractivity contribution in [3.05, 3.63) is 41.3 Å². The third-order valence-electron chi connectivity index (χ3n) is 4.73. The summed E-state index contributed by atoms with van der Waals surface area (Å²) < 4.78 is 1.99. The molecule has 23 heavy (non-hydrogen) atoms. The standard InChI is InChI=1S/C17H18ClN5/c1-23-15(11-4-6-12(18)7-5-11)22-13-14(20-10-21-16(13)23)17(19)8-2-3-9-17/h4-7,10H,2-3,8-9,19H2,1H3. The molecule has 0 bridgehead atoms. The van der Waals surface area contributed by atoms with Crippen LogP contribution in [0, 0.1) is 0 Å². The molecule has 118 valence electrons. The lowest BCUT2D eigenvalue weighted by Gasteiger charge is -2.22. The fraction of sp³-hybridized carbons (Fsp3) is 0.353. The van der Waals surface area contributed by atoms with E-state index in [0.29, 0.717) is 5.02 Å². The minimum absolute atomic E-state index is 0.382. The third kappa shape index (κ3) is 2.31. The number of halogens is 1. The lowest BCUT2D eigenvalue weighted by atomic mass is 9.94. The van der Waals surface area contributed by atoms with Gasteiger partial charge in [-0.25, -0.2) is 15.0 Å². The molecule has 0 aliphatic heterocycles. The molecule has 6 heteroatoms. The summed E-state index contributed by atoms with van der Waals surface area (Å²) in [5.41, 5.74) is 9.72. The van der Waals surface area contributed by atoms with Gasteiger partial charge in [0.25, 0.3) is 0 Å². The summed E-state index contributed by atoms with van der Waals surface area (Å²) in [6.45, 7) is 0. The summed E-state index contributed by atoms with van der Waals surface area (Å²) in [5, 5.41) is 0.708. The molecule has 2 heterocycles. The normalized spacial score (nSPS) is 17.0.